The summed E-state index contributed by atoms with van der Waals surface area (Å²) in [5.41, 5.74) is 2.81. The summed E-state index contributed by atoms with van der Waals surface area (Å²) >= 11 is 1.75. The van der Waals surface area contributed by atoms with Crippen LogP contribution < -0.4 is 5.32 Å². The molecule has 1 aliphatic carbocycles. The van der Waals surface area contributed by atoms with Crippen molar-refractivity contribution in [1.82, 2.24) is 20.1 Å². The highest BCUT2D eigenvalue weighted by molar-refractivity contribution is 7.11. The summed E-state index contributed by atoms with van der Waals surface area (Å²) in [4.78, 5) is 18.7. The fourth-order valence-electron chi connectivity index (χ4n) is 3.31. The molecule has 1 aliphatic rings. The molecule has 0 aliphatic heterocycles. The van der Waals surface area contributed by atoms with E-state index in [4.69, 9.17) is 0 Å². The molecule has 1 amide bonds. The number of thiazole rings is 1. The molecule has 4 rings (SSSR count). The summed E-state index contributed by atoms with van der Waals surface area (Å²) < 4.78 is 1.85. The maximum absolute atomic E-state index is 12.7. The number of carbonyl (C=O) groups excluding carboxylic acids is 1. The number of rotatable bonds is 4. The van der Waals surface area contributed by atoms with E-state index in [1.165, 1.54) is 4.88 Å². The van der Waals surface area contributed by atoms with Gasteiger partial charge in [-0.3, -0.25) is 9.48 Å². The van der Waals surface area contributed by atoms with Crippen LogP contribution in [0.5, 0.6) is 0 Å². The molecule has 128 valence electrons. The number of hydrogen-bond donors (Lipinski definition) is 1. The van der Waals surface area contributed by atoms with E-state index in [-0.39, 0.29) is 11.9 Å². The molecule has 2 aromatic heterocycles. The van der Waals surface area contributed by atoms with E-state index in [1.54, 1.807) is 17.5 Å². The van der Waals surface area contributed by atoms with Crippen LogP contribution in [0.15, 0.2) is 42.7 Å². The van der Waals surface area contributed by atoms with Crippen LogP contribution in [0.3, 0.4) is 0 Å². The van der Waals surface area contributed by atoms with E-state index in [9.17, 15) is 4.79 Å². The van der Waals surface area contributed by atoms with Gasteiger partial charge in [0, 0.05) is 22.8 Å². The lowest BCUT2D eigenvalue weighted by Crippen LogP contribution is -2.31. The average molecular weight is 352 g/mol. The van der Waals surface area contributed by atoms with Crippen molar-refractivity contribution in [3.8, 4) is 0 Å². The second-order valence-corrected chi connectivity index (χ2v) is 7.65. The fraction of sp³-hybridized carbons (Fsp3) is 0.316. The predicted octanol–water partition coefficient (Wildman–Crippen LogP) is 3.50. The van der Waals surface area contributed by atoms with Crippen LogP contribution in [0.4, 0.5) is 0 Å². The number of fused-ring (bicyclic) bond motifs is 1. The van der Waals surface area contributed by atoms with Gasteiger partial charge in [0.25, 0.3) is 5.91 Å². The van der Waals surface area contributed by atoms with Crippen LogP contribution in [0.2, 0.25) is 0 Å². The van der Waals surface area contributed by atoms with Gasteiger partial charge in [-0.25, -0.2) is 4.98 Å². The Kier molecular flexibility index (Phi) is 4.36. The lowest BCUT2D eigenvalue weighted by Gasteiger charge is -2.22. The molecule has 1 atom stereocenters. The first-order valence-corrected chi connectivity index (χ1v) is 9.34. The Hall–Kier alpha value is -2.47. The summed E-state index contributed by atoms with van der Waals surface area (Å²) in [6, 6.07) is 9.66. The average Bonchev–Trinajstić information content (AvgIpc) is 3.24. The number of nitrogens with zero attached hydrogens (tertiary/aromatic N) is 3. The summed E-state index contributed by atoms with van der Waals surface area (Å²) in [5, 5.41) is 8.47. The van der Waals surface area contributed by atoms with E-state index in [0.717, 1.165) is 35.5 Å². The van der Waals surface area contributed by atoms with Gasteiger partial charge in [-0.05, 0) is 49.9 Å². The second-order valence-electron chi connectivity index (χ2n) is 6.36. The van der Waals surface area contributed by atoms with Crippen molar-refractivity contribution in [2.45, 2.75) is 38.8 Å². The molecule has 3 aromatic rings. The van der Waals surface area contributed by atoms with E-state index in [1.807, 2.05) is 48.1 Å². The van der Waals surface area contributed by atoms with Crippen LogP contribution >= 0.6 is 11.3 Å². The molecule has 25 heavy (non-hydrogen) atoms. The smallest absolute Gasteiger partial charge is 0.251 e. The minimum absolute atomic E-state index is 0.0240. The molecular formula is C19H20N4OS. The summed E-state index contributed by atoms with van der Waals surface area (Å²) in [6.45, 7) is 2.69. The summed E-state index contributed by atoms with van der Waals surface area (Å²) in [7, 11) is 0. The standard InChI is InChI=1S/C19H20N4OS/c1-13-21-18-16(7-3-8-17(18)25-13)22-19(24)15-6-2-5-14(11-15)12-23-10-4-9-20-23/h2,4-6,9-11,16H,3,7-8,12H2,1H3,(H,22,24)/t16-/m1/s1. The Morgan fingerprint density at radius 1 is 1.40 bits per heavy atom. The number of aromatic nitrogens is 3. The van der Waals surface area contributed by atoms with Crippen LogP contribution in [-0.4, -0.2) is 20.7 Å². The molecular weight excluding hydrogens is 332 g/mol. The van der Waals surface area contributed by atoms with Crippen molar-refractivity contribution in [3.05, 3.63) is 69.4 Å². The van der Waals surface area contributed by atoms with Crippen LogP contribution in [0, 0.1) is 6.92 Å². The zero-order valence-electron chi connectivity index (χ0n) is 14.1. The number of amides is 1. The first kappa shape index (κ1) is 16.0. The van der Waals surface area contributed by atoms with Gasteiger partial charge >= 0.3 is 0 Å². The molecule has 0 saturated carbocycles. The van der Waals surface area contributed by atoms with Crippen molar-refractivity contribution >= 4 is 17.2 Å². The lowest BCUT2D eigenvalue weighted by molar-refractivity contribution is 0.0932. The van der Waals surface area contributed by atoms with Crippen molar-refractivity contribution in [2.24, 2.45) is 0 Å². The zero-order chi connectivity index (χ0) is 17.2. The zero-order valence-corrected chi connectivity index (χ0v) is 14.9. The highest BCUT2D eigenvalue weighted by Gasteiger charge is 2.25. The van der Waals surface area contributed by atoms with Crippen molar-refractivity contribution in [1.29, 1.82) is 0 Å². The predicted molar refractivity (Wildman–Crippen MR) is 97.8 cm³/mol. The van der Waals surface area contributed by atoms with Crippen molar-refractivity contribution in [2.75, 3.05) is 0 Å². The maximum Gasteiger partial charge on any atom is 0.251 e. The third-order valence-electron chi connectivity index (χ3n) is 4.46. The highest BCUT2D eigenvalue weighted by atomic mass is 32.1. The number of carbonyl (C=O) groups is 1. The van der Waals surface area contributed by atoms with Crippen LogP contribution in [-0.2, 0) is 13.0 Å². The molecule has 5 nitrogen and oxygen atoms in total. The first-order chi connectivity index (χ1) is 12.2. The van der Waals surface area contributed by atoms with Gasteiger partial charge in [-0.2, -0.15) is 5.10 Å². The van der Waals surface area contributed by atoms with E-state index < -0.39 is 0 Å². The topological polar surface area (TPSA) is 59.8 Å². The normalized spacial score (nSPS) is 16.4. The van der Waals surface area contributed by atoms with E-state index >= 15 is 0 Å². The van der Waals surface area contributed by atoms with Crippen LogP contribution in [0.1, 0.15) is 50.4 Å². The Balaban J connectivity index is 1.50. The number of nitrogens with one attached hydrogen (secondary N) is 1. The van der Waals surface area contributed by atoms with Gasteiger partial charge in [0.15, 0.2) is 0 Å². The molecule has 0 saturated heterocycles. The Morgan fingerprint density at radius 2 is 2.32 bits per heavy atom. The maximum atomic E-state index is 12.7. The third-order valence-corrected chi connectivity index (χ3v) is 5.51. The number of hydrogen-bond acceptors (Lipinski definition) is 4. The van der Waals surface area contributed by atoms with E-state index in [0.29, 0.717) is 12.1 Å². The molecule has 0 bridgehead atoms. The lowest BCUT2D eigenvalue weighted by atomic mass is 9.97. The van der Waals surface area contributed by atoms with Gasteiger partial charge in [0.05, 0.1) is 23.3 Å². The van der Waals surface area contributed by atoms with Gasteiger partial charge in [0.2, 0.25) is 0 Å². The van der Waals surface area contributed by atoms with Crippen molar-refractivity contribution < 1.29 is 4.79 Å². The minimum Gasteiger partial charge on any atom is -0.344 e. The van der Waals surface area contributed by atoms with Gasteiger partial charge in [-0.15, -0.1) is 11.3 Å². The Labute approximate surface area is 150 Å². The highest BCUT2D eigenvalue weighted by Crippen LogP contribution is 2.33. The molecule has 6 heteroatoms. The van der Waals surface area contributed by atoms with Crippen LogP contribution in [0.25, 0.3) is 0 Å². The monoisotopic (exact) mass is 352 g/mol. The van der Waals surface area contributed by atoms with Crippen molar-refractivity contribution in [3.63, 3.8) is 0 Å². The Morgan fingerprint density at radius 3 is 3.16 bits per heavy atom. The second kappa shape index (κ2) is 6.80. The summed E-state index contributed by atoms with van der Waals surface area (Å²) in [5.74, 6) is -0.0363. The molecule has 1 aromatic carbocycles. The third kappa shape index (κ3) is 3.49. The number of aryl methyl sites for hydroxylation is 2. The van der Waals surface area contributed by atoms with E-state index in [2.05, 4.69) is 15.4 Å². The Bertz CT molecular complexity index is 885. The molecule has 2 heterocycles. The quantitative estimate of drug-likeness (QED) is 0.782. The fourth-order valence-corrected chi connectivity index (χ4v) is 4.35. The SMILES string of the molecule is Cc1nc2c(s1)CCC[C@H]2NC(=O)c1cccc(Cn2cccn2)c1. The largest absolute Gasteiger partial charge is 0.344 e. The first-order valence-electron chi connectivity index (χ1n) is 8.52. The van der Waals surface area contributed by atoms with Gasteiger partial charge < -0.3 is 5.32 Å². The van der Waals surface area contributed by atoms with Gasteiger partial charge in [-0.1, -0.05) is 12.1 Å². The number of benzene rings is 1. The molecule has 0 spiro atoms. The molecule has 1 N–H and O–H groups in total. The molecule has 0 fully saturated rings. The molecule has 0 radical (unpaired) electrons. The van der Waals surface area contributed by atoms with Gasteiger partial charge in [0.1, 0.15) is 0 Å². The molecule has 0 unspecified atom stereocenters. The minimum atomic E-state index is -0.0363. The summed E-state index contributed by atoms with van der Waals surface area (Å²) in [6.07, 6.45) is 6.80.